The summed E-state index contributed by atoms with van der Waals surface area (Å²) in [7, 11) is 0. The molecule has 4 nitrogen and oxygen atoms in total. The standard InChI is InChI=1S/C20H36N2O2.H2/c1-20(2,3)24-19(23)22-13-16(11-15-7-5-4-6-8-15)17(14-22)12-21-18-9-10-18;/h15-18,21H,4-14H2,1-3H3;1H/t16-,17-;/m1./s1. The molecule has 3 fully saturated rings. The predicted octanol–water partition coefficient (Wildman–Crippen LogP) is 4.44. The Morgan fingerprint density at radius 2 is 1.75 bits per heavy atom. The molecule has 0 aromatic rings. The van der Waals surface area contributed by atoms with Crippen molar-refractivity contribution in [2.24, 2.45) is 17.8 Å². The Bertz CT molecular complexity index is 428. The summed E-state index contributed by atoms with van der Waals surface area (Å²) in [6, 6.07) is 0.746. The lowest BCUT2D eigenvalue weighted by Gasteiger charge is -2.27. The van der Waals surface area contributed by atoms with Crippen molar-refractivity contribution in [2.75, 3.05) is 19.6 Å². The molecule has 2 aliphatic carbocycles. The Morgan fingerprint density at radius 1 is 1.08 bits per heavy atom. The van der Waals surface area contributed by atoms with Gasteiger partial charge in [-0.15, -0.1) is 0 Å². The average Bonchev–Trinajstić information content (AvgIpc) is 3.25. The van der Waals surface area contributed by atoms with Crippen LogP contribution in [-0.2, 0) is 4.74 Å². The van der Waals surface area contributed by atoms with E-state index >= 15 is 0 Å². The first-order chi connectivity index (χ1) is 11.4. The van der Waals surface area contributed by atoms with Gasteiger partial charge in [0.1, 0.15) is 5.60 Å². The van der Waals surface area contributed by atoms with E-state index in [-0.39, 0.29) is 7.52 Å². The van der Waals surface area contributed by atoms with Gasteiger partial charge in [0.25, 0.3) is 0 Å². The zero-order valence-electron chi connectivity index (χ0n) is 15.9. The van der Waals surface area contributed by atoms with E-state index in [2.05, 4.69) is 5.32 Å². The average molecular weight is 339 g/mol. The van der Waals surface area contributed by atoms with Gasteiger partial charge in [0.15, 0.2) is 0 Å². The Kier molecular flexibility index (Phi) is 5.74. The van der Waals surface area contributed by atoms with E-state index in [4.69, 9.17) is 4.74 Å². The molecule has 1 N–H and O–H groups in total. The number of carbonyl (C=O) groups excluding carboxylic acids is 1. The summed E-state index contributed by atoms with van der Waals surface area (Å²) < 4.78 is 5.61. The van der Waals surface area contributed by atoms with Gasteiger partial charge in [-0.1, -0.05) is 32.1 Å². The summed E-state index contributed by atoms with van der Waals surface area (Å²) in [5.74, 6) is 2.12. The highest BCUT2D eigenvalue weighted by molar-refractivity contribution is 5.68. The maximum atomic E-state index is 12.5. The van der Waals surface area contributed by atoms with E-state index in [0.29, 0.717) is 11.8 Å². The number of hydrogen-bond acceptors (Lipinski definition) is 3. The van der Waals surface area contributed by atoms with Crippen molar-refractivity contribution in [3.05, 3.63) is 0 Å². The lowest BCUT2D eigenvalue weighted by atomic mass is 9.79. The molecule has 1 amide bonds. The molecule has 4 heteroatoms. The molecule has 1 saturated heterocycles. The second-order valence-corrected chi connectivity index (χ2v) is 9.33. The zero-order valence-corrected chi connectivity index (χ0v) is 15.9. The third kappa shape index (κ3) is 5.37. The molecule has 1 aliphatic heterocycles. The highest BCUT2D eigenvalue weighted by Crippen LogP contribution is 2.36. The Labute approximate surface area is 149 Å². The Hall–Kier alpha value is -0.770. The fourth-order valence-electron chi connectivity index (χ4n) is 4.37. The van der Waals surface area contributed by atoms with Crippen LogP contribution in [0.15, 0.2) is 0 Å². The molecular weight excluding hydrogens is 300 g/mol. The van der Waals surface area contributed by atoms with Gasteiger partial charge in [-0.2, -0.15) is 0 Å². The zero-order chi connectivity index (χ0) is 17.2. The molecule has 0 bridgehead atoms. The second kappa shape index (κ2) is 7.63. The number of nitrogens with one attached hydrogen (secondary N) is 1. The van der Waals surface area contributed by atoms with Crippen LogP contribution < -0.4 is 5.32 Å². The summed E-state index contributed by atoms with van der Waals surface area (Å²) in [6.07, 6.45) is 10.8. The first-order valence-electron chi connectivity index (χ1n) is 10.1. The van der Waals surface area contributed by atoms with Crippen molar-refractivity contribution in [3.8, 4) is 0 Å². The van der Waals surface area contributed by atoms with Crippen LogP contribution in [0.3, 0.4) is 0 Å². The van der Waals surface area contributed by atoms with E-state index in [1.54, 1.807) is 0 Å². The van der Waals surface area contributed by atoms with Crippen LogP contribution in [0.25, 0.3) is 0 Å². The summed E-state index contributed by atoms with van der Waals surface area (Å²) in [5, 5.41) is 3.69. The molecule has 140 valence electrons. The van der Waals surface area contributed by atoms with Crippen LogP contribution in [0.4, 0.5) is 4.79 Å². The SMILES string of the molecule is CC(C)(C)OC(=O)N1C[C@@H](CNC2CC2)[C@H](CC2CCCCC2)C1.[HH]. The molecule has 0 aromatic heterocycles. The number of rotatable bonds is 5. The molecule has 0 unspecified atom stereocenters. The van der Waals surface area contributed by atoms with Crippen LogP contribution in [0.1, 0.15) is 73.6 Å². The normalized spacial score (nSPS) is 29.0. The van der Waals surface area contributed by atoms with Crippen molar-refractivity contribution in [2.45, 2.75) is 83.8 Å². The molecule has 3 rings (SSSR count). The fraction of sp³-hybridized carbons (Fsp3) is 0.950. The highest BCUT2D eigenvalue weighted by atomic mass is 16.6. The van der Waals surface area contributed by atoms with Crippen LogP contribution in [0.5, 0.6) is 0 Å². The van der Waals surface area contributed by atoms with E-state index in [9.17, 15) is 4.79 Å². The van der Waals surface area contributed by atoms with Crippen molar-refractivity contribution in [3.63, 3.8) is 0 Å². The minimum atomic E-state index is -0.402. The van der Waals surface area contributed by atoms with E-state index in [0.717, 1.165) is 31.6 Å². The molecule has 0 aromatic carbocycles. The van der Waals surface area contributed by atoms with Crippen LogP contribution in [0.2, 0.25) is 0 Å². The Balaban J connectivity index is 0.00000225. The summed E-state index contributed by atoms with van der Waals surface area (Å²) in [5.41, 5.74) is -0.402. The van der Waals surface area contributed by atoms with Crippen molar-refractivity contribution in [1.29, 1.82) is 0 Å². The lowest BCUT2D eigenvalue weighted by Crippen LogP contribution is -2.36. The monoisotopic (exact) mass is 338 g/mol. The maximum Gasteiger partial charge on any atom is 0.410 e. The van der Waals surface area contributed by atoms with Crippen molar-refractivity contribution in [1.82, 2.24) is 10.2 Å². The van der Waals surface area contributed by atoms with Gasteiger partial charge in [-0.25, -0.2) is 4.79 Å². The van der Waals surface area contributed by atoms with E-state index in [1.807, 2.05) is 25.7 Å². The first kappa shape index (κ1) is 18.0. The van der Waals surface area contributed by atoms with Gasteiger partial charge in [0, 0.05) is 27.1 Å². The minimum absolute atomic E-state index is 0. The second-order valence-electron chi connectivity index (χ2n) is 9.33. The number of carbonyl (C=O) groups is 1. The highest BCUT2D eigenvalue weighted by Gasteiger charge is 2.38. The Morgan fingerprint density at radius 3 is 2.38 bits per heavy atom. The molecule has 0 spiro atoms. The number of likely N-dealkylation sites (tertiary alicyclic amines) is 1. The van der Waals surface area contributed by atoms with Gasteiger partial charge in [-0.3, -0.25) is 0 Å². The van der Waals surface area contributed by atoms with Gasteiger partial charge in [0.05, 0.1) is 0 Å². The van der Waals surface area contributed by atoms with E-state index in [1.165, 1.54) is 51.4 Å². The third-order valence-corrected chi connectivity index (χ3v) is 5.84. The van der Waals surface area contributed by atoms with Gasteiger partial charge < -0.3 is 15.0 Å². The van der Waals surface area contributed by atoms with Gasteiger partial charge >= 0.3 is 6.09 Å². The molecule has 3 aliphatic rings. The molecule has 2 saturated carbocycles. The van der Waals surface area contributed by atoms with Gasteiger partial charge in [-0.05, 0) is 57.8 Å². The van der Waals surface area contributed by atoms with Crippen LogP contribution in [0, 0.1) is 17.8 Å². The van der Waals surface area contributed by atoms with Crippen molar-refractivity contribution < 1.29 is 11.0 Å². The van der Waals surface area contributed by atoms with E-state index < -0.39 is 5.60 Å². The summed E-state index contributed by atoms with van der Waals surface area (Å²) >= 11 is 0. The molecular formula is C20H38N2O2. The predicted molar refractivity (Wildman–Crippen MR) is 99.1 cm³/mol. The number of ether oxygens (including phenoxy) is 1. The molecule has 0 radical (unpaired) electrons. The molecule has 1 heterocycles. The topological polar surface area (TPSA) is 41.6 Å². The molecule has 24 heavy (non-hydrogen) atoms. The van der Waals surface area contributed by atoms with Crippen LogP contribution in [-0.4, -0.2) is 42.3 Å². The largest absolute Gasteiger partial charge is 0.444 e. The summed E-state index contributed by atoms with van der Waals surface area (Å²) in [6.45, 7) is 8.68. The smallest absolute Gasteiger partial charge is 0.410 e. The third-order valence-electron chi connectivity index (χ3n) is 5.84. The lowest BCUT2D eigenvalue weighted by molar-refractivity contribution is 0.0282. The van der Waals surface area contributed by atoms with Gasteiger partial charge in [0.2, 0.25) is 0 Å². The fourth-order valence-corrected chi connectivity index (χ4v) is 4.37. The van der Waals surface area contributed by atoms with Crippen molar-refractivity contribution >= 4 is 6.09 Å². The molecule has 2 atom stereocenters. The number of hydrogen-bond donors (Lipinski definition) is 1. The van der Waals surface area contributed by atoms with Crippen LogP contribution >= 0.6 is 0 Å². The number of nitrogens with zero attached hydrogens (tertiary/aromatic N) is 1. The minimum Gasteiger partial charge on any atom is -0.444 e. The first-order valence-corrected chi connectivity index (χ1v) is 10.1. The number of amides is 1. The quantitative estimate of drug-likeness (QED) is 0.806. The summed E-state index contributed by atoms with van der Waals surface area (Å²) in [4.78, 5) is 14.4. The maximum absolute atomic E-state index is 12.5.